The minimum atomic E-state index is -0.155. The van der Waals surface area contributed by atoms with Crippen molar-refractivity contribution in [2.45, 2.75) is 32.2 Å². The molecule has 1 aliphatic carbocycles. The lowest BCUT2D eigenvalue weighted by atomic mass is 9.79. The van der Waals surface area contributed by atoms with Crippen molar-refractivity contribution in [2.24, 2.45) is 11.8 Å². The molecule has 0 bridgehead atoms. The molecule has 2 rings (SSSR count). The fourth-order valence-corrected chi connectivity index (χ4v) is 2.42. The first-order valence-corrected chi connectivity index (χ1v) is 5.52. The molecule has 1 aromatic rings. The maximum atomic E-state index is 11.3. The molecule has 1 fully saturated rings. The Morgan fingerprint density at radius 2 is 2.20 bits per heavy atom. The number of H-pyrrole nitrogens is 1. The Labute approximate surface area is 88.1 Å². The van der Waals surface area contributed by atoms with Crippen molar-refractivity contribution in [1.29, 1.82) is 0 Å². The molecular weight excluding hydrogens is 194 g/mol. The SMILES string of the molecule is O=c1[nH]ncn1CC1CCCCC1CO. The Bertz CT molecular complexity index is 358. The van der Waals surface area contributed by atoms with Crippen molar-refractivity contribution < 1.29 is 5.11 Å². The van der Waals surface area contributed by atoms with Gasteiger partial charge in [0.2, 0.25) is 0 Å². The van der Waals surface area contributed by atoms with E-state index in [1.807, 2.05) is 0 Å². The third kappa shape index (κ3) is 2.28. The number of hydrogen-bond acceptors (Lipinski definition) is 3. The van der Waals surface area contributed by atoms with Crippen molar-refractivity contribution in [3.8, 4) is 0 Å². The average molecular weight is 211 g/mol. The van der Waals surface area contributed by atoms with Crippen LogP contribution in [0.25, 0.3) is 0 Å². The topological polar surface area (TPSA) is 70.9 Å². The zero-order chi connectivity index (χ0) is 10.7. The van der Waals surface area contributed by atoms with Gasteiger partial charge in [0.25, 0.3) is 0 Å². The number of aromatic nitrogens is 3. The highest BCUT2D eigenvalue weighted by Crippen LogP contribution is 2.30. The number of aromatic amines is 1. The van der Waals surface area contributed by atoms with Gasteiger partial charge in [-0.05, 0) is 24.7 Å². The van der Waals surface area contributed by atoms with Crippen molar-refractivity contribution in [3.05, 3.63) is 16.8 Å². The molecule has 1 aromatic heterocycles. The van der Waals surface area contributed by atoms with Crippen LogP contribution in [0, 0.1) is 11.8 Å². The molecule has 0 spiro atoms. The number of hydrogen-bond donors (Lipinski definition) is 2. The zero-order valence-corrected chi connectivity index (χ0v) is 8.72. The van der Waals surface area contributed by atoms with Gasteiger partial charge in [0.05, 0.1) is 0 Å². The van der Waals surface area contributed by atoms with Crippen molar-refractivity contribution in [2.75, 3.05) is 6.61 Å². The summed E-state index contributed by atoms with van der Waals surface area (Å²) in [6.45, 7) is 0.915. The van der Waals surface area contributed by atoms with Crippen LogP contribution in [0.15, 0.2) is 11.1 Å². The van der Waals surface area contributed by atoms with Gasteiger partial charge in [-0.2, -0.15) is 5.10 Å². The third-order valence-electron chi connectivity index (χ3n) is 3.35. The Morgan fingerprint density at radius 1 is 1.47 bits per heavy atom. The molecule has 0 amide bonds. The van der Waals surface area contributed by atoms with Gasteiger partial charge < -0.3 is 5.11 Å². The lowest BCUT2D eigenvalue weighted by Crippen LogP contribution is -2.29. The predicted octanol–water partition coefficient (Wildman–Crippen LogP) is 0.370. The molecule has 1 heterocycles. The Morgan fingerprint density at radius 3 is 2.80 bits per heavy atom. The molecule has 1 saturated carbocycles. The molecule has 0 radical (unpaired) electrons. The lowest BCUT2D eigenvalue weighted by molar-refractivity contribution is 0.122. The molecule has 0 aliphatic heterocycles. The summed E-state index contributed by atoms with van der Waals surface area (Å²) in [5.41, 5.74) is -0.155. The van der Waals surface area contributed by atoms with Crippen molar-refractivity contribution >= 4 is 0 Å². The fourth-order valence-electron chi connectivity index (χ4n) is 2.42. The molecule has 5 heteroatoms. The van der Waals surface area contributed by atoms with E-state index in [9.17, 15) is 9.90 Å². The predicted molar refractivity (Wildman–Crippen MR) is 55.4 cm³/mol. The molecule has 15 heavy (non-hydrogen) atoms. The Balaban J connectivity index is 2.03. The number of aliphatic hydroxyl groups excluding tert-OH is 1. The fraction of sp³-hybridized carbons (Fsp3) is 0.800. The smallest absolute Gasteiger partial charge is 0.343 e. The molecule has 0 aromatic carbocycles. The first-order valence-electron chi connectivity index (χ1n) is 5.52. The van der Waals surface area contributed by atoms with E-state index < -0.39 is 0 Å². The van der Waals surface area contributed by atoms with E-state index in [2.05, 4.69) is 10.2 Å². The van der Waals surface area contributed by atoms with Gasteiger partial charge in [-0.1, -0.05) is 12.8 Å². The summed E-state index contributed by atoms with van der Waals surface area (Å²) in [4.78, 5) is 11.3. The summed E-state index contributed by atoms with van der Waals surface area (Å²) in [5.74, 6) is 0.764. The molecule has 5 nitrogen and oxygen atoms in total. The molecular formula is C10H17N3O2. The summed E-state index contributed by atoms with van der Waals surface area (Å²) in [6.07, 6.45) is 6.11. The molecule has 2 N–H and O–H groups in total. The third-order valence-corrected chi connectivity index (χ3v) is 3.35. The van der Waals surface area contributed by atoms with E-state index in [4.69, 9.17) is 0 Å². The summed E-state index contributed by atoms with van der Waals surface area (Å²) in [6, 6.07) is 0. The van der Waals surface area contributed by atoms with Crippen LogP contribution >= 0.6 is 0 Å². The van der Waals surface area contributed by atoms with Gasteiger partial charge >= 0.3 is 5.69 Å². The van der Waals surface area contributed by atoms with Crippen LogP contribution in [-0.4, -0.2) is 26.5 Å². The summed E-state index contributed by atoms with van der Waals surface area (Å²) >= 11 is 0. The van der Waals surface area contributed by atoms with Crippen LogP contribution in [0.1, 0.15) is 25.7 Å². The molecule has 2 atom stereocenters. The van der Waals surface area contributed by atoms with Gasteiger partial charge in [-0.25, -0.2) is 9.89 Å². The van der Waals surface area contributed by atoms with Crippen LogP contribution < -0.4 is 5.69 Å². The normalized spacial score (nSPS) is 26.7. The summed E-state index contributed by atoms with van der Waals surface area (Å²) < 4.78 is 1.60. The number of nitrogens with zero attached hydrogens (tertiary/aromatic N) is 2. The van der Waals surface area contributed by atoms with E-state index >= 15 is 0 Å². The van der Waals surface area contributed by atoms with Gasteiger partial charge in [0, 0.05) is 13.2 Å². The van der Waals surface area contributed by atoms with Gasteiger partial charge in [0.1, 0.15) is 6.33 Å². The highest BCUT2D eigenvalue weighted by molar-refractivity contribution is 4.77. The number of rotatable bonds is 3. The van der Waals surface area contributed by atoms with Crippen LogP contribution in [-0.2, 0) is 6.54 Å². The molecule has 0 saturated heterocycles. The van der Waals surface area contributed by atoms with Crippen LogP contribution in [0.3, 0.4) is 0 Å². The van der Waals surface area contributed by atoms with Gasteiger partial charge in [-0.3, -0.25) is 4.57 Å². The van der Waals surface area contributed by atoms with Gasteiger partial charge in [0.15, 0.2) is 0 Å². The van der Waals surface area contributed by atoms with Crippen molar-refractivity contribution in [3.63, 3.8) is 0 Å². The van der Waals surface area contributed by atoms with Crippen LogP contribution in [0.4, 0.5) is 0 Å². The maximum absolute atomic E-state index is 11.3. The highest BCUT2D eigenvalue weighted by atomic mass is 16.3. The molecule has 2 unspecified atom stereocenters. The Kier molecular flexibility index (Phi) is 3.20. The van der Waals surface area contributed by atoms with Crippen LogP contribution in [0.5, 0.6) is 0 Å². The second-order valence-electron chi connectivity index (χ2n) is 4.30. The molecule has 1 aliphatic rings. The monoisotopic (exact) mass is 211 g/mol. The quantitative estimate of drug-likeness (QED) is 0.758. The second-order valence-corrected chi connectivity index (χ2v) is 4.30. The lowest BCUT2D eigenvalue weighted by Gasteiger charge is -2.29. The minimum absolute atomic E-state index is 0.155. The van der Waals surface area contributed by atoms with E-state index in [0.717, 1.165) is 12.8 Å². The minimum Gasteiger partial charge on any atom is -0.396 e. The van der Waals surface area contributed by atoms with E-state index in [1.54, 1.807) is 4.57 Å². The highest BCUT2D eigenvalue weighted by Gasteiger charge is 2.25. The first-order chi connectivity index (χ1) is 7.31. The van der Waals surface area contributed by atoms with E-state index in [-0.39, 0.29) is 12.3 Å². The van der Waals surface area contributed by atoms with Gasteiger partial charge in [-0.15, -0.1) is 0 Å². The molecule has 84 valence electrons. The second kappa shape index (κ2) is 4.61. The van der Waals surface area contributed by atoms with Crippen molar-refractivity contribution in [1.82, 2.24) is 14.8 Å². The van der Waals surface area contributed by atoms with E-state index in [1.165, 1.54) is 19.2 Å². The summed E-state index contributed by atoms with van der Waals surface area (Å²) in [7, 11) is 0. The first kappa shape index (κ1) is 10.4. The zero-order valence-electron chi connectivity index (χ0n) is 8.72. The standard InChI is InChI=1S/C10H17N3O2/c14-6-9-4-2-1-3-8(9)5-13-7-11-12-10(13)15/h7-9,14H,1-6H2,(H,12,15). The summed E-state index contributed by atoms with van der Waals surface area (Å²) in [5, 5.41) is 15.3. The van der Waals surface area contributed by atoms with Crippen LogP contribution in [0.2, 0.25) is 0 Å². The van der Waals surface area contributed by atoms with E-state index in [0.29, 0.717) is 18.4 Å². The number of aliphatic hydroxyl groups is 1. The Hall–Kier alpha value is -1.10. The average Bonchev–Trinajstić information content (AvgIpc) is 2.65. The maximum Gasteiger partial charge on any atom is 0.343 e. The number of nitrogens with one attached hydrogen (secondary N) is 1. The largest absolute Gasteiger partial charge is 0.396 e.